The van der Waals surface area contributed by atoms with Crippen molar-refractivity contribution in [2.75, 3.05) is 18.5 Å². The summed E-state index contributed by atoms with van der Waals surface area (Å²) >= 11 is 1.33. The number of imide groups is 1. The Hall–Kier alpha value is -3.53. The van der Waals surface area contributed by atoms with Crippen LogP contribution in [0.1, 0.15) is 68.2 Å². The van der Waals surface area contributed by atoms with Crippen molar-refractivity contribution in [1.29, 1.82) is 0 Å². The number of thiophene rings is 1. The van der Waals surface area contributed by atoms with Gasteiger partial charge in [0.05, 0.1) is 23.3 Å². The van der Waals surface area contributed by atoms with Crippen molar-refractivity contribution in [1.82, 2.24) is 4.90 Å². The minimum atomic E-state index is -1.21. The fourth-order valence-corrected chi connectivity index (χ4v) is 5.37. The first-order chi connectivity index (χ1) is 16.3. The Labute approximate surface area is 200 Å². The predicted octanol–water partition coefficient (Wildman–Crippen LogP) is 2.97. The third kappa shape index (κ3) is 4.45. The van der Waals surface area contributed by atoms with E-state index in [-0.39, 0.29) is 17.7 Å². The molecule has 0 radical (unpaired) electrons. The van der Waals surface area contributed by atoms with E-state index in [4.69, 9.17) is 9.47 Å². The molecule has 0 fully saturated rings. The predicted molar refractivity (Wildman–Crippen MR) is 123 cm³/mol. The summed E-state index contributed by atoms with van der Waals surface area (Å²) in [5.74, 6) is -3.18. The first kappa shape index (κ1) is 23.6. The number of nitrogens with zero attached hydrogens (tertiary/aromatic N) is 1. The standard InChI is InChI=1S/C24H24N2O7S/c1-3-32-24(31)19-16-10-6-7-11-17(16)34-21(19)25-20(28)13(2)33-18(27)12-26-22(29)14-8-4-5-9-15(14)23(26)30/h4-5,8-9,13H,3,6-7,10-12H2,1-2H3,(H,25,28). The summed E-state index contributed by atoms with van der Waals surface area (Å²) in [6.45, 7) is 2.70. The second-order valence-electron chi connectivity index (χ2n) is 8.00. The van der Waals surface area contributed by atoms with Crippen molar-refractivity contribution in [3.63, 3.8) is 0 Å². The number of aryl methyl sites for hydroxylation is 1. The number of nitrogens with one attached hydrogen (secondary N) is 1. The number of hydrogen-bond acceptors (Lipinski definition) is 8. The summed E-state index contributed by atoms with van der Waals surface area (Å²) in [5.41, 5.74) is 1.71. The normalized spacial score (nSPS) is 15.4. The Bertz CT molecular complexity index is 1150. The van der Waals surface area contributed by atoms with Crippen LogP contribution in [0.2, 0.25) is 0 Å². The van der Waals surface area contributed by atoms with Gasteiger partial charge in [-0.3, -0.25) is 24.1 Å². The molecule has 1 unspecified atom stereocenters. The van der Waals surface area contributed by atoms with Crippen LogP contribution < -0.4 is 5.32 Å². The molecular weight excluding hydrogens is 460 g/mol. The van der Waals surface area contributed by atoms with Crippen molar-refractivity contribution < 1.29 is 33.4 Å². The van der Waals surface area contributed by atoms with E-state index >= 15 is 0 Å². The number of esters is 2. The molecule has 1 aromatic carbocycles. The topological polar surface area (TPSA) is 119 Å². The molecule has 10 heteroatoms. The summed E-state index contributed by atoms with van der Waals surface area (Å²) < 4.78 is 10.4. The van der Waals surface area contributed by atoms with Gasteiger partial charge >= 0.3 is 11.9 Å². The number of benzene rings is 1. The van der Waals surface area contributed by atoms with Gasteiger partial charge in [-0.05, 0) is 57.2 Å². The summed E-state index contributed by atoms with van der Waals surface area (Å²) in [5, 5.41) is 3.07. The number of hydrogen-bond donors (Lipinski definition) is 1. The van der Waals surface area contributed by atoms with Crippen LogP contribution >= 0.6 is 11.3 Å². The number of carbonyl (C=O) groups is 5. The zero-order valence-electron chi connectivity index (χ0n) is 18.8. The molecule has 9 nitrogen and oxygen atoms in total. The van der Waals surface area contributed by atoms with Gasteiger partial charge in [0.1, 0.15) is 11.5 Å². The van der Waals surface area contributed by atoms with Gasteiger partial charge in [0.25, 0.3) is 17.7 Å². The fourth-order valence-electron chi connectivity index (χ4n) is 4.09. The van der Waals surface area contributed by atoms with E-state index in [9.17, 15) is 24.0 Å². The van der Waals surface area contributed by atoms with Crippen molar-refractivity contribution >= 4 is 46.0 Å². The van der Waals surface area contributed by atoms with Crippen LogP contribution in [0.25, 0.3) is 0 Å². The van der Waals surface area contributed by atoms with Gasteiger partial charge in [-0.1, -0.05) is 12.1 Å². The van der Waals surface area contributed by atoms with Crippen LogP contribution in [-0.2, 0) is 31.9 Å². The van der Waals surface area contributed by atoms with Crippen LogP contribution in [0.3, 0.4) is 0 Å². The van der Waals surface area contributed by atoms with Crippen LogP contribution in [0, 0.1) is 0 Å². The van der Waals surface area contributed by atoms with Gasteiger partial charge in [-0.25, -0.2) is 4.79 Å². The fraction of sp³-hybridized carbons (Fsp3) is 0.375. The van der Waals surface area contributed by atoms with Gasteiger partial charge in [0.2, 0.25) is 0 Å². The molecule has 2 aliphatic rings. The number of carbonyl (C=O) groups excluding carboxylic acids is 5. The van der Waals surface area contributed by atoms with E-state index in [0.29, 0.717) is 10.6 Å². The summed E-state index contributed by atoms with van der Waals surface area (Å²) in [7, 11) is 0. The molecule has 1 atom stereocenters. The van der Waals surface area contributed by atoms with E-state index in [1.807, 2.05) is 0 Å². The van der Waals surface area contributed by atoms with Crippen LogP contribution in [0.5, 0.6) is 0 Å². The van der Waals surface area contributed by atoms with Crippen molar-refractivity contribution in [2.24, 2.45) is 0 Å². The molecule has 1 aromatic heterocycles. The number of ether oxygens (including phenoxy) is 2. The third-order valence-electron chi connectivity index (χ3n) is 5.73. The lowest BCUT2D eigenvalue weighted by molar-refractivity contribution is -0.153. The lowest BCUT2D eigenvalue weighted by atomic mass is 9.95. The molecule has 1 N–H and O–H groups in total. The summed E-state index contributed by atoms with van der Waals surface area (Å²) in [6, 6.07) is 6.29. The van der Waals surface area contributed by atoms with Gasteiger partial charge in [0, 0.05) is 4.88 Å². The van der Waals surface area contributed by atoms with Crippen LogP contribution in [0.4, 0.5) is 5.00 Å². The highest BCUT2D eigenvalue weighted by molar-refractivity contribution is 7.17. The minimum Gasteiger partial charge on any atom is -0.462 e. The van der Waals surface area contributed by atoms with Crippen molar-refractivity contribution in [3.8, 4) is 0 Å². The van der Waals surface area contributed by atoms with Crippen LogP contribution in [-0.4, -0.2) is 53.8 Å². The van der Waals surface area contributed by atoms with E-state index in [0.717, 1.165) is 41.0 Å². The third-order valence-corrected chi connectivity index (χ3v) is 6.94. The van der Waals surface area contributed by atoms with Gasteiger partial charge < -0.3 is 14.8 Å². The Kier molecular flexibility index (Phi) is 6.78. The van der Waals surface area contributed by atoms with E-state index in [2.05, 4.69) is 5.32 Å². The number of amides is 3. The lowest BCUT2D eigenvalue weighted by Gasteiger charge is -2.17. The smallest absolute Gasteiger partial charge is 0.341 e. The maximum absolute atomic E-state index is 12.8. The highest BCUT2D eigenvalue weighted by Crippen LogP contribution is 2.38. The monoisotopic (exact) mass is 484 g/mol. The number of anilines is 1. The zero-order chi connectivity index (χ0) is 24.4. The maximum Gasteiger partial charge on any atom is 0.341 e. The Morgan fingerprint density at radius 3 is 2.38 bits per heavy atom. The average Bonchev–Trinajstić information content (AvgIpc) is 3.29. The molecule has 0 bridgehead atoms. The van der Waals surface area contributed by atoms with E-state index < -0.39 is 42.3 Å². The number of rotatable bonds is 7. The van der Waals surface area contributed by atoms with Gasteiger partial charge in [0.15, 0.2) is 6.10 Å². The maximum atomic E-state index is 12.8. The molecule has 1 aliphatic heterocycles. The van der Waals surface area contributed by atoms with E-state index in [1.165, 1.54) is 30.4 Å². The zero-order valence-corrected chi connectivity index (χ0v) is 19.7. The highest BCUT2D eigenvalue weighted by atomic mass is 32.1. The van der Waals surface area contributed by atoms with Gasteiger partial charge in [-0.2, -0.15) is 0 Å². The molecule has 34 heavy (non-hydrogen) atoms. The van der Waals surface area contributed by atoms with Crippen molar-refractivity contribution in [3.05, 3.63) is 51.4 Å². The molecule has 3 amide bonds. The Morgan fingerprint density at radius 1 is 1.09 bits per heavy atom. The summed E-state index contributed by atoms with van der Waals surface area (Å²) in [4.78, 5) is 64.4. The van der Waals surface area contributed by atoms with Crippen LogP contribution in [0.15, 0.2) is 24.3 Å². The molecule has 4 rings (SSSR count). The SMILES string of the molecule is CCOC(=O)c1c(NC(=O)C(C)OC(=O)CN2C(=O)c3ccccc3C2=O)sc2c1CCCC2. The number of fused-ring (bicyclic) bond motifs is 2. The molecule has 0 spiro atoms. The largest absolute Gasteiger partial charge is 0.462 e. The Balaban J connectivity index is 1.41. The first-order valence-electron chi connectivity index (χ1n) is 11.1. The lowest BCUT2D eigenvalue weighted by Crippen LogP contribution is -2.38. The second-order valence-corrected chi connectivity index (χ2v) is 9.10. The molecule has 0 saturated heterocycles. The average molecular weight is 485 g/mol. The van der Waals surface area contributed by atoms with Gasteiger partial charge in [-0.15, -0.1) is 11.3 Å². The highest BCUT2D eigenvalue weighted by Gasteiger charge is 2.37. The second kappa shape index (κ2) is 9.76. The molecule has 2 aromatic rings. The quantitative estimate of drug-likeness (QED) is 0.474. The molecular formula is C24H24N2O7S. The Morgan fingerprint density at radius 2 is 1.74 bits per heavy atom. The first-order valence-corrected chi connectivity index (χ1v) is 11.9. The molecule has 1 aliphatic carbocycles. The summed E-state index contributed by atoms with van der Waals surface area (Å²) in [6.07, 6.45) is 2.31. The molecule has 2 heterocycles. The minimum absolute atomic E-state index is 0.211. The molecule has 178 valence electrons. The van der Waals surface area contributed by atoms with Crippen molar-refractivity contribution in [2.45, 2.75) is 45.6 Å². The van der Waals surface area contributed by atoms with E-state index in [1.54, 1.807) is 19.1 Å². The molecule has 0 saturated carbocycles.